The van der Waals surface area contributed by atoms with E-state index >= 15 is 0 Å². The Labute approximate surface area is 107 Å². The minimum Gasteiger partial charge on any atom is -0.399 e. The van der Waals surface area contributed by atoms with Gasteiger partial charge in [-0.3, -0.25) is 0 Å². The highest BCUT2D eigenvalue weighted by atomic mass is 15.2. The minimum atomic E-state index is 0.736. The maximum absolute atomic E-state index is 5.83. The highest BCUT2D eigenvalue weighted by Gasteiger charge is 2.08. The van der Waals surface area contributed by atoms with E-state index in [1.165, 1.54) is 0 Å². The number of nitrogens with zero attached hydrogens (tertiary/aromatic N) is 4. The maximum Gasteiger partial charge on any atom is 0.139 e. The van der Waals surface area contributed by atoms with Crippen LogP contribution in [0.5, 0.6) is 0 Å². The number of likely N-dealkylation sites (N-methyl/N-ethyl adjacent to an activating group) is 2. The first-order chi connectivity index (χ1) is 8.58. The van der Waals surface area contributed by atoms with Crippen molar-refractivity contribution in [3.05, 3.63) is 24.5 Å². The van der Waals surface area contributed by atoms with Crippen molar-refractivity contribution in [2.24, 2.45) is 0 Å². The molecule has 0 aliphatic rings. The van der Waals surface area contributed by atoms with Gasteiger partial charge in [0.1, 0.15) is 12.1 Å². The van der Waals surface area contributed by atoms with Crippen LogP contribution in [-0.2, 0) is 0 Å². The van der Waals surface area contributed by atoms with Crippen molar-refractivity contribution in [1.82, 2.24) is 14.9 Å². The van der Waals surface area contributed by atoms with E-state index in [4.69, 9.17) is 5.73 Å². The van der Waals surface area contributed by atoms with Crippen LogP contribution in [-0.4, -0.2) is 49.1 Å². The summed E-state index contributed by atoms with van der Waals surface area (Å²) in [7, 11) is 6.16. The summed E-state index contributed by atoms with van der Waals surface area (Å²) in [4.78, 5) is 12.9. The zero-order valence-corrected chi connectivity index (χ0v) is 11.1. The monoisotopic (exact) mass is 245 g/mol. The van der Waals surface area contributed by atoms with Gasteiger partial charge < -0.3 is 15.5 Å². The number of anilines is 2. The van der Waals surface area contributed by atoms with Crippen LogP contribution in [0.3, 0.4) is 0 Å². The summed E-state index contributed by atoms with van der Waals surface area (Å²) in [6.45, 7) is 1.89. The molecule has 0 aliphatic heterocycles. The summed E-state index contributed by atoms with van der Waals surface area (Å²) < 4.78 is 0. The standard InChI is InChI=1S/C13H19N5/c1-17(2)6-7-18(3)13-11-8-10(14)4-5-12(11)15-9-16-13/h4-5,8-9H,6-7,14H2,1-3H3. The molecule has 0 radical (unpaired) electrons. The summed E-state index contributed by atoms with van der Waals surface area (Å²) in [6, 6.07) is 5.71. The van der Waals surface area contributed by atoms with E-state index in [1.807, 2.05) is 25.2 Å². The van der Waals surface area contributed by atoms with Crippen LogP contribution in [0.1, 0.15) is 0 Å². The van der Waals surface area contributed by atoms with Crippen LogP contribution in [0.4, 0.5) is 11.5 Å². The lowest BCUT2D eigenvalue weighted by Gasteiger charge is -2.21. The lowest BCUT2D eigenvalue weighted by molar-refractivity contribution is 0.416. The Hall–Kier alpha value is -1.88. The van der Waals surface area contributed by atoms with E-state index < -0.39 is 0 Å². The van der Waals surface area contributed by atoms with Gasteiger partial charge in [0.2, 0.25) is 0 Å². The molecule has 2 aromatic rings. The second kappa shape index (κ2) is 5.18. The van der Waals surface area contributed by atoms with Crippen molar-refractivity contribution in [3.63, 3.8) is 0 Å². The first-order valence-corrected chi connectivity index (χ1v) is 5.94. The van der Waals surface area contributed by atoms with Gasteiger partial charge in [-0.15, -0.1) is 0 Å². The average molecular weight is 245 g/mol. The van der Waals surface area contributed by atoms with Crippen LogP contribution in [0.15, 0.2) is 24.5 Å². The lowest BCUT2D eigenvalue weighted by atomic mass is 10.2. The Bertz CT molecular complexity index is 538. The van der Waals surface area contributed by atoms with E-state index in [0.29, 0.717) is 0 Å². The van der Waals surface area contributed by atoms with Crippen LogP contribution >= 0.6 is 0 Å². The van der Waals surface area contributed by atoms with Crippen LogP contribution < -0.4 is 10.6 Å². The summed E-state index contributed by atoms with van der Waals surface area (Å²) in [5, 5.41) is 0.999. The van der Waals surface area contributed by atoms with E-state index in [2.05, 4.69) is 33.9 Å². The predicted molar refractivity (Wildman–Crippen MR) is 75.8 cm³/mol. The van der Waals surface area contributed by atoms with Gasteiger partial charge in [-0.25, -0.2) is 9.97 Å². The quantitative estimate of drug-likeness (QED) is 0.820. The van der Waals surface area contributed by atoms with Gasteiger partial charge in [0, 0.05) is 31.2 Å². The number of benzene rings is 1. The van der Waals surface area contributed by atoms with Crippen molar-refractivity contribution in [2.75, 3.05) is 44.9 Å². The Morgan fingerprint density at radius 3 is 2.61 bits per heavy atom. The number of fused-ring (bicyclic) bond motifs is 1. The molecule has 0 spiro atoms. The van der Waals surface area contributed by atoms with Gasteiger partial charge >= 0.3 is 0 Å². The molecule has 2 rings (SSSR count). The second-order valence-electron chi connectivity index (χ2n) is 4.70. The van der Waals surface area contributed by atoms with Gasteiger partial charge in [0.05, 0.1) is 5.52 Å². The lowest BCUT2D eigenvalue weighted by Crippen LogP contribution is -2.29. The summed E-state index contributed by atoms with van der Waals surface area (Å²) in [5.41, 5.74) is 7.49. The first-order valence-electron chi connectivity index (χ1n) is 5.94. The Balaban J connectivity index is 2.34. The van der Waals surface area contributed by atoms with Gasteiger partial charge in [0.15, 0.2) is 0 Å². The van der Waals surface area contributed by atoms with Gasteiger partial charge in [-0.05, 0) is 32.3 Å². The van der Waals surface area contributed by atoms with Crippen molar-refractivity contribution >= 4 is 22.4 Å². The largest absolute Gasteiger partial charge is 0.399 e. The molecular weight excluding hydrogens is 226 g/mol. The number of nitrogens with two attached hydrogens (primary N) is 1. The molecule has 0 saturated heterocycles. The highest BCUT2D eigenvalue weighted by molar-refractivity contribution is 5.91. The fraction of sp³-hybridized carbons (Fsp3) is 0.385. The predicted octanol–water partition coefficient (Wildman–Crippen LogP) is 1.21. The molecule has 96 valence electrons. The van der Waals surface area contributed by atoms with E-state index in [-0.39, 0.29) is 0 Å². The number of hydrogen-bond donors (Lipinski definition) is 1. The number of nitrogen functional groups attached to an aromatic ring is 1. The maximum atomic E-state index is 5.83. The fourth-order valence-electron chi connectivity index (χ4n) is 1.82. The number of hydrogen-bond acceptors (Lipinski definition) is 5. The third kappa shape index (κ3) is 2.68. The Morgan fingerprint density at radius 2 is 1.89 bits per heavy atom. The first kappa shape index (κ1) is 12.6. The van der Waals surface area contributed by atoms with E-state index in [1.54, 1.807) is 6.33 Å². The van der Waals surface area contributed by atoms with Gasteiger partial charge in [-0.1, -0.05) is 0 Å². The van der Waals surface area contributed by atoms with Crippen LogP contribution in [0.2, 0.25) is 0 Å². The number of rotatable bonds is 4. The third-order valence-electron chi connectivity index (χ3n) is 2.88. The SMILES string of the molecule is CN(C)CCN(C)c1ncnc2ccc(N)cc12. The fourth-order valence-corrected chi connectivity index (χ4v) is 1.82. The molecule has 5 nitrogen and oxygen atoms in total. The zero-order valence-electron chi connectivity index (χ0n) is 11.1. The molecule has 0 saturated carbocycles. The van der Waals surface area contributed by atoms with E-state index in [9.17, 15) is 0 Å². The van der Waals surface area contributed by atoms with Gasteiger partial charge in [-0.2, -0.15) is 0 Å². The van der Waals surface area contributed by atoms with Crippen molar-refractivity contribution < 1.29 is 0 Å². The number of aromatic nitrogens is 2. The molecular formula is C13H19N5. The molecule has 0 fully saturated rings. The summed E-state index contributed by atoms with van der Waals surface area (Å²) >= 11 is 0. The molecule has 2 N–H and O–H groups in total. The molecule has 18 heavy (non-hydrogen) atoms. The zero-order chi connectivity index (χ0) is 13.1. The molecule has 0 atom stereocenters. The molecule has 0 bridgehead atoms. The average Bonchev–Trinajstić information content (AvgIpc) is 2.35. The van der Waals surface area contributed by atoms with Crippen molar-refractivity contribution in [1.29, 1.82) is 0 Å². The van der Waals surface area contributed by atoms with Crippen molar-refractivity contribution in [3.8, 4) is 0 Å². The third-order valence-corrected chi connectivity index (χ3v) is 2.88. The van der Waals surface area contributed by atoms with Crippen LogP contribution in [0, 0.1) is 0 Å². The topological polar surface area (TPSA) is 58.3 Å². The molecule has 1 aromatic carbocycles. The summed E-state index contributed by atoms with van der Waals surface area (Å²) in [6.07, 6.45) is 1.60. The van der Waals surface area contributed by atoms with Crippen molar-refractivity contribution in [2.45, 2.75) is 0 Å². The smallest absolute Gasteiger partial charge is 0.139 e. The molecule has 1 heterocycles. The Morgan fingerprint density at radius 1 is 1.11 bits per heavy atom. The molecule has 0 unspecified atom stereocenters. The second-order valence-corrected chi connectivity index (χ2v) is 4.70. The van der Waals surface area contributed by atoms with E-state index in [0.717, 1.165) is 35.5 Å². The molecule has 5 heteroatoms. The normalized spacial score (nSPS) is 11.1. The highest BCUT2D eigenvalue weighted by Crippen LogP contribution is 2.23. The molecule has 0 aliphatic carbocycles. The Kier molecular flexibility index (Phi) is 3.62. The van der Waals surface area contributed by atoms with Crippen LogP contribution in [0.25, 0.3) is 10.9 Å². The summed E-state index contributed by atoms with van der Waals surface area (Å²) in [5.74, 6) is 0.925. The molecule has 1 aromatic heterocycles. The molecule has 0 amide bonds. The minimum absolute atomic E-state index is 0.736. The van der Waals surface area contributed by atoms with Gasteiger partial charge in [0.25, 0.3) is 0 Å².